The second kappa shape index (κ2) is 3.84. The summed E-state index contributed by atoms with van der Waals surface area (Å²) in [4.78, 5) is 2.89. The third kappa shape index (κ3) is 1.95. The van der Waals surface area contributed by atoms with E-state index in [-0.39, 0.29) is 18.3 Å². The van der Waals surface area contributed by atoms with Crippen molar-refractivity contribution in [3.05, 3.63) is 21.9 Å². The van der Waals surface area contributed by atoms with Gasteiger partial charge in [0.25, 0.3) is 0 Å². The second-order valence-electron chi connectivity index (χ2n) is 6.58. The van der Waals surface area contributed by atoms with Crippen LogP contribution in [0.2, 0.25) is 5.82 Å². The van der Waals surface area contributed by atoms with Crippen LogP contribution in [-0.4, -0.2) is 18.3 Å². The lowest BCUT2D eigenvalue weighted by atomic mass is 9.80. The predicted molar refractivity (Wildman–Crippen MR) is 76.2 cm³/mol. The summed E-state index contributed by atoms with van der Waals surface area (Å²) in [6.07, 6.45) is 1.21. The molecule has 1 aliphatic carbocycles. The first-order valence-corrected chi connectivity index (χ1v) is 7.54. The van der Waals surface area contributed by atoms with Crippen molar-refractivity contribution in [3.8, 4) is 0 Å². The molecular formula is C14H21BO2S. The average Bonchev–Trinajstić information content (AvgIpc) is 2.87. The van der Waals surface area contributed by atoms with Crippen LogP contribution >= 0.6 is 11.3 Å². The van der Waals surface area contributed by atoms with Gasteiger partial charge in [-0.05, 0) is 59.1 Å². The van der Waals surface area contributed by atoms with Gasteiger partial charge in [0.05, 0.1) is 11.2 Å². The molecule has 0 unspecified atom stereocenters. The Morgan fingerprint density at radius 1 is 1.17 bits per heavy atom. The van der Waals surface area contributed by atoms with Crippen LogP contribution in [0.4, 0.5) is 0 Å². The third-order valence-electron chi connectivity index (χ3n) is 4.59. The zero-order valence-corrected chi connectivity index (χ0v) is 12.6. The lowest BCUT2D eigenvalue weighted by molar-refractivity contribution is 0.00578. The maximum absolute atomic E-state index is 6.13. The van der Waals surface area contributed by atoms with Crippen molar-refractivity contribution in [1.82, 2.24) is 0 Å². The first-order chi connectivity index (χ1) is 8.30. The topological polar surface area (TPSA) is 18.5 Å². The van der Waals surface area contributed by atoms with Gasteiger partial charge < -0.3 is 9.31 Å². The summed E-state index contributed by atoms with van der Waals surface area (Å²) in [5, 5.41) is 0. The van der Waals surface area contributed by atoms with E-state index in [0.717, 1.165) is 0 Å². The molecule has 0 N–H and O–H groups in total. The van der Waals surface area contributed by atoms with Gasteiger partial charge in [0.1, 0.15) is 0 Å². The van der Waals surface area contributed by atoms with Gasteiger partial charge in [-0.2, -0.15) is 0 Å². The summed E-state index contributed by atoms with van der Waals surface area (Å²) in [5.41, 5.74) is -0.396. The molecule has 18 heavy (non-hydrogen) atoms. The fourth-order valence-corrected chi connectivity index (χ4v) is 3.63. The number of hydrogen-bond acceptors (Lipinski definition) is 3. The van der Waals surface area contributed by atoms with E-state index in [1.54, 1.807) is 0 Å². The smallest absolute Gasteiger partial charge is 0.403 e. The highest BCUT2D eigenvalue weighted by Crippen LogP contribution is 2.59. The molecule has 1 saturated heterocycles. The molecule has 98 valence electrons. The van der Waals surface area contributed by atoms with Crippen LogP contribution in [0.1, 0.15) is 49.8 Å². The van der Waals surface area contributed by atoms with Crippen LogP contribution in [0.5, 0.6) is 0 Å². The molecule has 0 spiro atoms. The zero-order chi connectivity index (χ0) is 13.1. The molecule has 2 atom stereocenters. The summed E-state index contributed by atoms with van der Waals surface area (Å²) >= 11 is 1.91. The highest BCUT2D eigenvalue weighted by atomic mass is 32.1. The van der Waals surface area contributed by atoms with Crippen LogP contribution in [0.3, 0.4) is 0 Å². The van der Waals surface area contributed by atoms with Crippen molar-refractivity contribution >= 4 is 18.5 Å². The van der Waals surface area contributed by atoms with E-state index in [4.69, 9.17) is 9.31 Å². The molecule has 1 saturated carbocycles. The first-order valence-electron chi connectivity index (χ1n) is 6.72. The van der Waals surface area contributed by atoms with Crippen molar-refractivity contribution in [2.24, 2.45) is 0 Å². The molecule has 1 aromatic rings. The molecule has 0 amide bonds. The number of hydrogen-bond donors (Lipinski definition) is 0. The number of thiophene rings is 1. The Balaban J connectivity index is 1.70. The van der Waals surface area contributed by atoms with Crippen LogP contribution in [0, 0.1) is 6.92 Å². The molecule has 0 radical (unpaired) electrons. The van der Waals surface area contributed by atoms with E-state index in [2.05, 4.69) is 46.8 Å². The van der Waals surface area contributed by atoms with Gasteiger partial charge in [-0.1, -0.05) is 0 Å². The van der Waals surface area contributed by atoms with Crippen LogP contribution in [0.15, 0.2) is 12.1 Å². The van der Waals surface area contributed by atoms with E-state index in [0.29, 0.717) is 11.7 Å². The number of aryl methyl sites for hydroxylation is 1. The first kappa shape index (κ1) is 12.7. The Hall–Kier alpha value is -0.315. The molecule has 4 heteroatoms. The van der Waals surface area contributed by atoms with Crippen LogP contribution in [0.25, 0.3) is 0 Å². The molecule has 1 aliphatic heterocycles. The molecule has 2 fully saturated rings. The molecule has 2 aliphatic rings. The van der Waals surface area contributed by atoms with Gasteiger partial charge in [-0.25, -0.2) is 0 Å². The largest absolute Gasteiger partial charge is 0.461 e. The van der Waals surface area contributed by atoms with E-state index in [1.807, 2.05) is 11.3 Å². The third-order valence-corrected chi connectivity index (χ3v) is 5.72. The lowest BCUT2D eigenvalue weighted by Crippen LogP contribution is -2.41. The van der Waals surface area contributed by atoms with Crippen molar-refractivity contribution in [2.45, 2.75) is 64.0 Å². The Morgan fingerprint density at radius 2 is 1.78 bits per heavy atom. The van der Waals surface area contributed by atoms with E-state index < -0.39 is 0 Å². The Kier molecular flexibility index (Phi) is 2.71. The summed E-state index contributed by atoms with van der Waals surface area (Å²) in [5.74, 6) is 1.20. The molecule has 0 aromatic carbocycles. The van der Waals surface area contributed by atoms with Crippen LogP contribution in [-0.2, 0) is 9.31 Å². The fourth-order valence-electron chi connectivity index (χ4n) is 2.56. The molecule has 3 rings (SSSR count). The molecule has 2 heterocycles. The minimum Gasteiger partial charge on any atom is -0.403 e. The predicted octanol–water partition coefficient (Wildman–Crippen LogP) is 4.01. The summed E-state index contributed by atoms with van der Waals surface area (Å²) in [6.45, 7) is 10.7. The second-order valence-corrected chi connectivity index (χ2v) is 7.90. The van der Waals surface area contributed by atoms with Gasteiger partial charge in [0.2, 0.25) is 0 Å². The van der Waals surface area contributed by atoms with Crippen molar-refractivity contribution < 1.29 is 9.31 Å². The normalized spacial score (nSPS) is 32.8. The van der Waals surface area contributed by atoms with Gasteiger partial charge in [-0.15, -0.1) is 11.3 Å². The van der Waals surface area contributed by atoms with Crippen molar-refractivity contribution in [1.29, 1.82) is 0 Å². The molecule has 1 aromatic heterocycles. The zero-order valence-electron chi connectivity index (χ0n) is 11.8. The highest BCUT2D eigenvalue weighted by Gasteiger charge is 2.60. The summed E-state index contributed by atoms with van der Waals surface area (Å²) < 4.78 is 12.3. The SMILES string of the molecule is Cc1ccc([C@@H]2C[C@H]2B2OC(C)(C)C(C)(C)O2)s1. The van der Waals surface area contributed by atoms with Gasteiger partial charge in [0, 0.05) is 15.6 Å². The van der Waals surface area contributed by atoms with Crippen LogP contribution < -0.4 is 0 Å². The Bertz CT molecular complexity index is 450. The van der Waals surface area contributed by atoms with Gasteiger partial charge in [0.15, 0.2) is 0 Å². The Labute approximate surface area is 114 Å². The van der Waals surface area contributed by atoms with Crippen molar-refractivity contribution in [2.75, 3.05) is 0 Å². The minimum absolute atomic E-state index is 0.0255. The lowest BCUT2D eigenvalue weighted by Gasteiger charge is -2.32. The number of rotatable bonds is 2. The molecule has 0 bridgehead atoms. The average molecular weight is 264 g/mol. The highest BCUT2D eigenvalue weighted by molar-refractivity contribution is 7.12. The van der Waals surface area contributed by atoms with Gasteiger partial charge >= 0.3 is 7.12 Å². The quantitative estimate of drug-likeness (QED) is 0.751. The molecular weight excluding hydrogens is 243 g/mol. The van der Waals surface area contributed by atoms with E-state index in [9.17, 15) is 0 Å². The maximum atomic E-state index is 6.13. The molecule has 2 nitrogen and oxygen atoms in total. The van der Waals surface area contributed by atoms with Crippen molar-refractivity contribution in [3.63, 3.8) is 0 Å². The Morgan fingerprint density at radius 3 is 2.28 bits per heavy atom. The fraction of sp³-hybridized carbons (Fsp3) is 0.714. The summed E-state index contributed by atoms with van der Waals surface area (Å²) in [6, 6.07) is 4.47. The summed E-state index contributed by atoms with van der Waals surface area (Å²) in [7, 11) is -0.0255. The van der Waals surface area contributed by atoms with Gasteiger partial charge in [-0.3, -0.25) is 0 Å². The standard InChI is InChI=1S/C14H21BO2S/c1-9-6-7-12(18-9)10-8-11(10)15-16-13(2,3)14(4,5)17-15/h6-7,10-11H,8H2,1-5H3/t10-,11-/m1/s1. The monoisotopic (exact) mass is 264 g/mol. The maximum Gasteiger partial charge on any atom is 0.461 e. The van der Waals surface area contributed by atoms with E-state index in [1.165, 1.54) is 16.2 Å². The van der Waals surface area contributed by atoms with E-state index >= 15 is 0 Å². The minimum atomic E-state index is -0.198.